The summed E-state index contributed by atoms with van der Waals surface area (Å²) in [5.74, 6) is 0.176. The first-order valence-electron chi connectivity index (χ1n) is 12.5. The van der Waals surface area contributed by atoms with Crippen LogP contribution in [0.1, 0.15) is 118 Å². The Morgan fingerprint density at radius 3 is 2.53 bits per heavy atom. The first-order valence-corrected chi connectivity index (χ1v) is 12.5. The van der Waals surface area contributed by atoms with Crippen LogP contribution >= 0.6 is 0 Å². The van der Waals surface area contributed by atoms with E-state index in [1.54, 1.807) is 0 Å². The van der Waals surface area contributed by atoms with Crippen molar-refractivity contribution >= 4 is 5.97 Å². The third-order valence-corrected chi connectivity index (χ3v) is 6.76. The van der Waals surface area contributed by atoms with Crippen molar-refractivity contribution in [1.82, 2.24) is 0 Å². The Balaban J connectivity index is 2.31. The van der Waals surface area contributed by atoms with Crippen molar-refractivity contribution in [3.05, 3.63) is 11.6 Å². The van der Waals surface area contributed by atoms with Gasteiger partial charge in [-0.1, -0.05) is 77.9 Å². The fraction of sp³-hybridized carbons (Fsp3) is 0.885. The fourth-order valence-corrected chi connectivity index (χ4v) is 4.35. The van der Waals surface area contributed by atoms with Crippen molar-refractivity contribution in [2.24, 2.45) is 11.3 Å². The highest BCUT2D eigenvalue weighted by Gasteiger charge is 2.31. The van der Waals surface area contributed by atoms with Crippen LogP contribution in [0, 0.1) is 11.3 Å². The summed E-state index contributed by atoms with van der Waals surface area (Å²) in [6.07, 6.45) is 15.1. The van der Waals surface area contributed by atoms with Crippen molar-refractivity contribution in [2.45, 2.75) is 130 Å². The zero-order valence-electron chi connectivity index (χ0n) is 20.1. The van der Waals surface area contributed by atoms with Gasteiger partial charge in [0, 0.05) is 12.3 Å². The first-order chi connectivity index (χ1) is 14.3. The molecule has 0 aromatic carbocycles. The largest absolute Gasteiger partial charge is 0.466 e. The van der Waals surface area contributed by atoms with E-state index in [1.165, 1.54) is 5.57 Å². The second kappa shape index (κ2) is 15.0. The van der Waals surface area contributed by atoms with E-state index in [1.807, 2.05) is 0 Å². The molecule has 0 heterocycles. The Morgan fingerprint density at radius 1 is 1.13 bits per heavy atom. The maximum atomic E-state index is 11.6. The molecule has 0 aliphatic heterocycles. The molecule has 0 saturated heterocycles. The zero-order chi connectivity index (χ0) is 22.4. The first kappa shape index (κ1) is 27.2. The van der Waals surface area contributed by atoms with Crippen LogP contribution in [0.3, 0.4) is 0 Å². The number of hydrogen-bond donors (Lipinski definition) is 2. The van der Waals surface area contributed by atoms with Crippen molar-refractivity contribution in [3.63, 3.8) is 0 Å². The van der Waals surface area contributed by atoms with Gasteiger partial charge in [-0.15, -0.1) is 0 Å². The van der Waals surface area contributed by atoms with E-state index in [2.05, 4.69) is 33.8 Å². The molecule has 1 unspecified atom stereocenters. The standard InChI is InChI=1S/C26H48O4/c1-5-7-19-26(3,4)24(28)18-16-21-15-17-23(27)22(21)13-11-9-10-12-14-25(29)30-20-8-6-2/h16,22-24,27-28H,5-15,17-20H2,1-4H3/t22-,23+,24?/m1/s1. The molecule has 30 heavy (non-hydrogen) atoms. The van der Waals surface area contributed by atoms with Crippen LogP contribution in [0.2, 0.25) is 0 Å². The number of carbonyl (C=O) groups is 1. The fourth-order valence-electron chi connectivity index (χ4n) is 4.35. The van der Waals surface area contributed by atoms with Gasteiger partial charge in [0.2, 0.25) is 0 Å². The minimum atomic E-state index is -0.327. The number of hydrogen-bond acceptors (Lipinski definition) is 4. The second-order valence-electron chi connectivity index (χ2n) is 9.86. The smallest absolute Gasteiger partial charge is 0.305 e. The van der Waals surface area contributed by atoms with E-state index in [4.69, 9.17) is 4.74 Å². The van der Waals surface area contributed by atoms with Crippen LogP contribution in [0.5, 0.6) is 0 Å². The van der Waals surface area contributed by atoms with Crippen LogP contribution in [-0.4, -0.2) is 35.0 Å². The number of rotatable bonds is 16. The van der Waals surface area contributed by atoms with Gasteiger partial charge < -0.3 is 14.9 Å². The van der Waals surface area contributed by atoms with E-state index in [9.17, 15) is 15.0 Å². The molecule has 0 radical (unpaired) electrons. The average Bonchev–Trinajstić information content (AvgIpc) is 3.06. The summed E-state index contributed by atoms with van der Waals surface area (Å²) in [6.45, 7) is 9.15. The molecule has 0 amide bonds. The van der Waals surface area contributed by atoms with E-state index >= 15 is 0 Å². The van der Waals surface area contributed by atoms with Gasteiger partial charge >= 0.3 is 5.97 Å². The highest BCUT2D eigenvalue weighted by molar-refractivity contribution is 5.69. The number of aliphatic hydroxyl groups is 2. The zero-order valence-corrected chi connectivity index (χ0v) is 20.1. The Labute approximate surface area is 185 Å². The van der Waals surface area contributed by atoms with Crippen LogP contribution in [0.25, 0.3) is 0 Å². The number of ether oxygens (including phenoxy) is 1. The van der Waals surface area contributed by atoms with Crippen LogP contribution in [-0.2, 0) is 9.53 Å². The van der Waals surface area contributed by atoms with Gasteiger partial charge in [-0.2, -0.15) is 0 Å². The van der Waals surface area contributed by atoms with Crippen molar-refractivity contribution in [1.29, 1.82) is 0 Å². The lowest BCUT2D eigenvalue weighted by molar-refractivity contribution is -0.143. The van der Waals surface area contributed by atoms with Crippen molar-refractivity contribution in [3.8, 4) is 0 Å². The highest BCUT2D eigenvalue weighted by atomic mass is 16.5. The summed E-state index contributed by atoms with van der Waals surface area (Å²) < 4.78 is 5.19. The molecule has 4 heteroatoms. The molecular formula is C26H48O4. The third-order valence-electron chi connectivity index (χ3n) is 6.76. The number of esters is 1. The van der Waals surface area contributed by atoms with E-state index in [0.717, 1.165) is 77.0 Å². The van der Waals surface area contributed by atoms with Crippen molar-refractivity contribution < 1.29 is 19.7 Å². The molecule has 0 aromatic rings. The summed E-state index contributed by atoms with van der Waals surface area (Å²) in [7, 11) is 0. The molecule has 4 nitrogen and oxygen atoms in total. The van der Waals surface area contributed by atoms with E-state index < -0.39 is 0 Å². The molecule has 176 valence electrons. The van der Waals surface area contributed by atoms with Crippen LogP contribution in [0.15, 0.2) is 11.6 Å². The normalized spacial score (nSPS) is 21.9. The molecule has 1 rings (SSSR count). The Bertz CT molecular complexity index is 497. The number of aliphatic hydroxyl groups excluding tert-OH is 2. The third kappa shape index (κ3) is 10.4. The quantitative estimate of drug-likeness (QED) is 0.172. The van der Waals surface area contributed by atoms with Crippen molar-refractivity contribution in [2.75, 3.05) is 6.61 Å². The molecule has 1 fully saturated rings. The number of carbonyl (C=O) groups excluding carboxylic acids is 1. The topological polar surface area (TPSA) is 66.8 Å². The summed E-state index contributed by atoms with van der Waals surface area (Å²) >= 11 is 0. The highest BCUT2D eigenvalue weighted by Crippen LogP contribution is 2.37. The Hall–Kier alpha value is -0.870. The monoisotopic (exact) mass is 424 g/mol. The molecule has 0 spiro atoms. The van der Waals surface area contributed by atoms with Gasteiger partial charge in [0.15, 0.2) is 0 Å². The van der Waals surface area contributed by atoms with E-state index in [-0.39, 0.29) is 29.5 Å². The Kier molecular flexibility index (Phi) is 13.6. The molecule has 3 atom stereocenters. The van der Waals surface area contributed by atoms with Gasteiger partial charge in [-0.25, -0.2) is 0 Å². The minimum absolute atomic E-state index is 0.0581. The second-order valence-corrected chi connectivity index (χ2v) is 9.86. The maximum Gasteiger partial charge on any atom is 0.305 e. The molecule has 1 aliphatic rings. The molecule has 2 N–H and O–H groups in total. The average molecular weight is 425 g/mol. The van der Waals surface area contributed by atoms with Crippen LogP contribution < -0.4 is 0 Å². The Morgan fingerprint density at radius 2 is 1.83 bits per heavy atom. The lowest BCUT2D eigenvalue weighted by atomic mass is 9.79. The molecule has 0 bridgehead atoms. The summed E-state index contributed by atoms with van der Waals surface area (Å²) in [4.78, 5) is 11.6. The van der Waals surface area contributed by atoms with Gasteiger partial charge in [0.1, 0.15) is 0 Å². The lowest BCUT2D eigenvalue weighted by Gasteiger charge is -2.30. The number of unbranched alkanes of at least 4 members (excludes halogenated alkanes) is 5. The van der Waals surface area contributed by atoms with E-state index in [0.29, 0.717) is 19.4 Å². The van der Waals surface area contributed by atoms with Gasteiger partial charge in [-0.3, -0.25) is 4.79 Å². The molecule has 0 aromatic heterocycles. The summed E-state index contributed by atoms with van der Waals surface area (Å²) in [5.41, 5.74) is 1.28. The van der Waals surface area contributed by atoms with Crippen LogP contribution in [0.4, 0.5) is 0 Å². The molecule has 1 saturated carbocycles. The summed E-state index contributed by atoms with van der Waals surface area (Å²) in [5, 5.41) is 21.1. The predicted molar refractivity (Wildman–Crippen MR) is 124 cm³/mol. The van der Waals surface area contributed by atoms with Gasteiger partial charge in [0.05, 0.1) is 18.8 Å². The minimum Gasteiger partial charge on any atom is -0.466 e. The summed E-state index contributed by atoms with van der Waals surface area (Å²) in [6, 6.07) is 0. The maximum absolute atomic E-state index is 11.6. The molecular weight excluding hydrogens is 376 g/mol. The predicted octanol–water partition coefficient (Wildman–Crippen LogP) is 6.34. The van der Waals surface area contributed by atoms with Gasteiger partial charge in [-0.05, 0) is 50.4 Å². The SMILES string of the molecule is CCCCOC(=O)CCCCCC[C@@H]1C(=CCC(O)C(C)(C)CCCC)CC[C@@H]1O. The lowest BCUT2D eigenvalue weighted by Crippen LogP contribution is -2.29. The van der Waals surface area contributed by atoms with Gasteiger partial charge in [0.25, 0.3) is 0 Å². The molecule has 1 aliphatic carbocycles.